The summed E-state index contributed by atoms with van der Waals surface area (Å²) in [5.74, 6) is -0.293. The van der Waals surface area contributed by atoms with Crippen molar-refractivity contribution in [2.24, 2.45) is 11.8 Å². The molecule has 0 saturated carbocycles. The smallest absolute Gasteiger partial charge is 0.225 e. The van der Waals surface area contributed by atoms with Crippen molar-refractivity contribution in [1.29, 1.82) is 0 Å². The van der Waals surface area contributed by atoms with Gasteiger partial charge in [-0.1, -0.05) is 13.8 Å². The quantitative estimate of drug-likeness (QED) is 0.780. The molecule has 0 radical (unpaired) electrons. The highest BCUT2D eigenvalue weighted by Gasteiger charge is 2.20. The van der Waals surface area contributed by atoms with E-state index in [0.717, 1.165) is 5.56 Å². The Hall–Kier alpha value is -1.42. The second-order valence-electron chi connectivity index (χ2n) is 4.11. The first-order chi connectivity index (χ1) is 7.65. The minimum atomic E-state index is -0.332. The lowest BCUT2D eigenvalue weighted by Gasteiger charge is -2.17. The molecule has 1 aromatic heterocycles. The molecule has 1 unspecified atom stereocenters. The minimum Gasteiger partial charge on any atom is -0.396 e. The van der Waals surface area contributed by atoms with Gasteiger partial charge in [-0.2, -0.15) is 0 Å². The summed E-state index contributed by atoms with van der Waals surface area (Å²) >= 11 is 0. The van der Waals surface area contributed by atoms with Gasteiger partial charge in [0.05, 0.1) is 12.5 Å². The van der Waals surface area contributed by atoms with Gasteiger partial charge in [0.2, 0.25) is 5.91 Å². The van der Waals surface area contributed by atoms with E-state index in [0.29, 0.717) is 6.54 Å². The molecule has 4 heteroatoms. The van der Waals surface area contributed by atoms with Crippen LogP contribution in [0.15, 0.2) is 24.5 Å². The molecule has 0 saturated heterocycles. The molecule has 0 aromatic carbocycles. The lowest BCUT2D eigenvalue weighted by atomic mass is 9.96. The lowest BCUT2D eigenvalue weighted by Crippen LogP contribution is -2.35. The zero-order chi connectivity index (χ0) is 12.0. The molecule has 1 heterocycles. The zero-order valence-electron chi connectivity index (χ0n) is 9.68. The molecule has 0 aliphatic rings. The van der Waals surface area contributed by atoms with Crippen LogP contribution in [0.2, 0.25) is 0 Å². The van der Waals surface area contributed by atoms with Crippen molar-refractivity contribution in [1.82, 2.24) is 10.3 Å². The van der Waals surface area contributed by atoms with Gasteiger partial charge in [0, 0.05) is 18.9 Å². The van der Waals surface area contributed by atoms with Crippen molar-refractivity contribution in [3.63, 3.8) is 0 Å². The van der Waals surface area contributed by atoms with Crippen LogP contribution in [0.4, 0.5) is 0 Å². The summed E-state index contributed by atoms with van der Waals surface area (Å²) in [7, 11) is 0. The first-order valence-electron chi connectivity index (χ1n) is 5.42. The maximum Gasteiger partial charge on any atom is 0.225 e. The van der Waals surface area contributed by atoms with E-state index in [9.17, 15) is 4.79 Å². The number of rotatable bonds is 5. The number of carbonyl (C=O) groups excluding carboxylic acids is 1. The molecule has 1 rings (SSSR count). The molecule has 2 N–H and O–H groups in total. The fourth-order valence-electron chi connectivity index (χ4n) is 1.42. The summed E-state index contributed by atoms with van der Waals surface area (Å²) in [4.78, 5) is 15.6. The molecule has 88 valence electrons. The first-order valence-corrected chi connectivity index (χ1v) is 5.42. The predicted molar refractivity (Wildman–Crippen MR) is 61.5 cm³/mol. The molecule has 0 aliphatic heterocycles. The third-order valence-electron chi connectivity index (χ3n) is 2.55. The Morgan fingerprint density at radius 3 is 2.56 bits per heavy atom. The highest BCUT2D eigenvalue weighted by Crippen LogP contribution is 2.10. The van der Waals surface area contributed by atoms with Crippen LogP contribution in [0.25, 0.3) is 0 Å². The average molecular weight is 222 g/mol. The van der Waals surface area contributed by atoms with Crippen LogP contribution in [-0.4, -0.2) is 22.6 Å². The van der Waals surface area contributed by atoms with E-state index in [1.165, 1.54) is 0 Å². The van der Waals surface area contributed by atoms with E-state index in [1.54, 1.807) is 12.4 Å². The van der Waals surface area contributed by atoms with Crippen LogP contribution in [-0.2, 0) is 11.3 Å². The van der Waals surface area contributed by atoms with Crippen molar-refractivity contribution in [2.75, 3.05) is 6.61 Å². The van der Waals surface area contributed by atoms with Crippen LogP contribution in [0.1, 0.15) is 19.4 Å². The van der Waals surface area contributed by atoms with Gasteiger partial charge in [0.15, 0.2) is 0 Å². The molecule has 0 spiro atoms. The van der Waals surface area contributed by atoms with Gasteiger partial charge in [-0.3, -0.25) is 9.78 Å². The predicted octanol–water partition coefficient (Wildman–Crippen LogP) is 0.962. The molecular weight excluding hydrogens is 204 g/mol. The standard InChI is InChI=1S/C12H18N2O2/c1-9(2)11(8-15)12(16)14-7-10-3-5-13-6-4-10/h3-6,9,11,15H,7-8H2,1-2H3,(H,14,16). The Balaban J connectivity index is 2.46. The first kappa shape index (κ1) is 12.6. The summed E-state index contributed by atoms with van der Waals surface area (Å²) in [5.41, 5.74) is 1.00. The number of aliphatic hydroxyl groups is 1. The van der Waals surface area contributed by atoms with E-state index in [-0.39, 0.29) is 24.3 Å². The Morgan fingerprint density at radius 2 is 2.06 bits per heavy atom. The third kappa shape index (κ3) is 3.62. The number of nitrogens with zero attached hydrogens (tertiary/aromatic N) is 1. The van der Waals surface area contributed by atoms with Crippen LogP contribution in [0.5, 0.6) is 0 Å². The number of aliphatic hydroxyl groups excluding tert-OH is 1. The zero-order valence-corrected chi connectivity index (χ0v) is 9.68. The summed E-state index contributed by atoms with van der Waals surface area (Å²) in [6.07, 6.45) is 3.38. The van der Waals surface area contributed by atoms with E-state index in [1.807, 2.05) is 26.0 Å². The second-order valence-corrected chi connectivity index (χ2v) is 4.11. The molecule has 1 atom stereocenters. The molecule has 16 heavy (non-hydrogen) atoms. The number of amides is 1. The van der Waals surface area contributed by atoms with Crippen LogP contribution in [0, 0.1) is 11.8 Å². The number of aromatic nitrogens is 1. The van der Waals surface area contributed by atoms with Gasteiger partial charge < -0.3 is 10.4 Å². The molecular formula is C12H18N2O2. The lowest BCUT2D eigenvalue weighted by molar-refractivity contribution is -0.127. The van der Waals surface area contributed by atoms with E-state index >= 15 is 0 Å². The Kier molecular flexibility index (Phi) is 4.92. The topological polar surface area (TPSA) is 62.2 Å². The van der Waals surface area contributed by atoms with Crippen molar-refractivity contribution in [3.8, 4) is 0 Å². The summed E-state index contributed by atoms with van der Waals surface area (Å²) in [6, 6.07) is 3.70. The maximum atomic E-state index is 11.7. The van der Waals surface area contributed by atoms with Gasteiger partial charge in [0.1, 0.15) is 0 Å². The average Bonchev–Trinajstić information content (AvgIpc) is 2.28. The Bertz CT molecular complexity index is 325. The molecule has 0 aliphatic carbocycles. The largest absolute Gasteiger partial charge is 0.396 e. The third-order valence-corrected chi connectivity index (χ3v) is 2.55. The second kappa shape index (κ2) is 6.23. The van der Waals surface area contributed by atoms with Gasteiger partial charge in [-0.05, 0) is 23.6 Å². The highest BCUT2D eigenvalue weighted by atomic mass is 16.3. The summed E-state index contributed by atoms with van der Waals surface area (Å²) in [6.45, 7) is 4.21. The van der Waals surface area contributed by atoms with Crippen molar-refractivity contribution < 1.29 is 9.90 Å². The number of hydrogen-bond acceptors (Lipinski definition) is 3. The van der Waals surface area contributed by atoms with E-state index < -0.39 is 0 Å². The van der Waals surface area contributed by atoms with Crippen molar-refractivity contribution in [2.45, 2.75) is 20.4 Å². The number of carbonyl (C=O) groups is 1. The Morgan fingerprint density at radius 1 is 1.44 bits per heavy atom. The van der Waals surface area contributed by atoms with Crippen molar-refractivity contribution >= 4 is 5.91 Å². The van der Waals surface area contributed by atoms with Crippen LogP contribution < -0.4 is 5.32 Å². The normalized spacial score (nSPS) is 12.5. The number of nitrogens with one attached hydrogen (secondary N) is 1. The Labute approximate surface area is 95.7 Å². The molecule has 0 bridgehead atoms. The fourth-order valence-corrected chi connectivity index (χ4v) is 1.42. The van der Waals surface area contributed by atoms with E-state index in [2.05, 4.69) is 10.3 Å². The number of hydrogen-bond donors (Lipinski definition) is 2. The highest BCUT2D eigenvalue weighted by molar-refractivity contribution is 5.78. The minimum absolute atomic E-state index is 0.102. The van der Waals surface area contributed by atoms with Crippen LogP contribution in [0.3, 0.4) is 0 Å². The summed E-state index contributed by atoms with van der Waals surface area (Å²) in [5, 5.41) is 11.9. The summed E-state index contributed by atoms with van der Waals surface area (Å²) < 4.78 is 0. The monoisotopic (exact) mass is 222 g/mol. The van der Waals surface area contributed by atoms with E-state index in [4.69, 9.17) is 5.11 Å². The van der Waals surface area contributed by atoms with Gasteiger partial charge in [0.25, 0.3) is 0 Å². The van der Waals surface area contributed by atoms with Gasteiger partial charge >= 0.3 is 0 Å². The van der Waals surface area contributed by atoms with Gasteiger partial charge in [-0.25, -0.2) is 0 Å². The molecule has 4 nitrogen and oxygen atoms in total. The van der Waals surface area contributed by atoms with Crippen molar-refractivity contribution in [3.05, 3.63) is 30.1 Å². The maximum absolute atomic E-state index is 11.7. The molecule has 1 amide bonds. The SMILES string of the molecule is CC(C)C(CO)C(=O)NCc1ccncc1. The van der Waals surface area contributed by atoms with Gasteiger partial charge in [-0.15, -0.1) is 0 Å². The number of pyridine rings is 1. The van der Waals surface area contributed by atoms with Crippen LogP contribution >= 0.6 is 0 Å². The fraction of sp³-hybridized carbons (Fsp3) is 0.500. The molecule has 1 aromatic rings. The molecule has 0 fully saturated rings.